The zero-order valence-electron chi connectivity index (χ0n) is 12.4. The number of ether oxygens (including phenoxy) is 1. The number of aryl methyl sites for hydroxylation is 1. The average Bonchev–Trinajstić information content (AvgIpc) is 2.91. The highest BCUT2D eigenvalue weighted by molar-refractivity contribution is 5.97. The number of hydrogen-bond acceptors (Lipinski definition) is 4. The number of hydrogen-bond donors (Lipinski definition) is 1. The van der Waals surface area contributed by atoms with E-state index in [1.165, 1.54) is 0 Å². The van der Waals surface area contributed by atoms with Crippen LogP contribution in [-0.2, 0) is 6.54 Å². The number of carbonyl (C=O) groups is 1. The van der Waals surface area contributed by atoms with E-state index in [0.29, 0.717) is 29.1 Å². The summed E-state index contributed by atoms with van der Waals surface area (Å²) in [6.45, 7) is 2.18. The molecule has 0 bridgehead atoms. The van der Waals surface area contributed by atoms with Crippen LogP contribution < -0.4 is 10.1 Å². The third-order valence-corrected chi connectivity index (χ3v) is 3.39. The predicted octanol–water partition coefficient (Wildman–Crippen LogP) is 3.07. The van der Waals surface area contributed by atoms with Crippen LogP contribution in [0.4, 0.5) is 0 Å². The molecule has 5 nitrogen and oxygen atoms in total. The summed E-state index contributed by atoms with van der Waals surface area (Å²) in [5.41, 5.74) is 2.84. The molecule has 112 valence electrons. The zero-order valence-corrected chi connectivity index (χ0v) is 12.4. The standard InChI is InChI=1S/C17H16N2O3/c1-11-19-14-9-12(7-8-16(14)22-11)17(20)18-10-13-5-3-4-6-15(13)21-2/h3-9H,10H2,1-2H3,(H,18,20). The summed E-state index contributed by atoms with van der Waals surface area (Å²) in [4.78, 5) is 16.5. The van der Waals surface area contributed by atoms with Crippen LogP contribution in [0.25, 0.3) is 11.1 Å². The fourth-order valence-corrected chi connectivity index (χ4v) is 2.31. The number of oxazole rings is 1. The number of rotatable bonds is 4. The molecule has 5 heteroatoms. The lowest BCUT2D eigenvalue weighted by Gasteiger charge is -2.09. The van der Waals surface area contributed by atoms with Crippen molar-refractivity contribution < 1.29 is 13.9 Å². The number of carbonyl (C=O) groups excluding carboxylic acids is 1. The smallest absolute Gasteiger partial charge is 0.251 e. The van der Waals surface area contributed by atoms with Gasteiger partial charge >= 0.3 is 0 Å². The van der Waals surface area contributed by atoms with Crippen LogP contribution in [0, 0.1) is 6.92 Å². The topological polar surface area (TPSA) is 64.4 Å². The van der Waals surface area contributed by atoms with Gasteiger partial charge in [0.1, 0.15) is 11.3 Å². The van der Waals surface area contributed by atoms with Crippen molar-refractivity contribution in [2.75, 3.05) is 7.11 Å². The van der Waals surface area contributed by atoms with Gasteiger partial charge in [-0.05, 0) is 24.3 Å². The number of fused-ring (bicyclic) bond motifs is 1. The SMILES string of the molecule is COc1ccccc1CNC(=O)c1ccc2oc(C)nc2c1. The summed E-state index contributed by atoms with van der Waals surface area (Å²) in [6, 6.07) is 12.8. The van der Waals surface area contributed by atoms with Gasteiger partial charge in [0.05, 0.1) is 7.11 Å². The Bertz CT molecular complexity index is 824. The molecular formula is C17H16N2O3. The first-order valence-electron chi connectivity index (χ1n) is 6.94. The Morgan fingerprint density at radius 2 is 2.09 bits per heavy atom. The van der Waals surface area contributed by atoms with E-state index in [1.807, 2.05) is 24.3 Å². The number of benzene rings is 2. The molecule has 1 aromatic heterocycles. The van der Waals surface area contributed by atoms with Crippen LogP contribution in [0.3, 0.4) is 0 Å². The molecule has 0 aliphatic carbocycles. The Morgan fingerprint density at radius 3 is 2.91 bits per heavy atom. The molecule has 0 saturated heterocycles. The van der Waals surface area contributed by atoms with Crippen LogP contribution in [0.5, 0.6) is 5.75 Å². The van der Waals surface area contributed by atoms with Crippen LogP contribution in [-0.4, -0.2) is 18.0 Å². The predicted molar refractivity (Wildman–Crippen MR) is 82.9 cm³/mol. The lowest BCUT2D eigenvalue weighted by Crippen LogP contribution is -2.23. The highest BCUT2D eigenvalue weighted by Gasteiger charge is 2.10. The summed E-state index contributed by atoms with van der Waals surface area (Å²) >= 11 is 0. The minimum absolute atomic E-state index is 0.159. The van der Waals surface area contributed by atoms with Gasteiger partial charge < -0.3 is 14.5 Å². The minimum atomic E-state index is -0.159. The van der Waals surface area contributed by atoms with Crippen molar-refractivity contribution in [2.45, 2.75) is 13.5 Å². The first-order chi connectivity index (χ1) is 10.7. The van der Waals surface area contributed by atoms with Crippen molar-refractivity contribution in [1.82, 2.24) is 10.3 Å². The van der Waals surface area contributed by atoms with E-state index < -0.39 is 0 Å². The van der Waals surface area contributed by atoms with E-state index in [9.17, 15) is 4.79 Å². The Labute approximate surface area is 127 Å². The number of nitrogens with one attached hydrogen (secondary N) is 1. The molecule has 1 heterocycles. The van der Waals surface area contributed by atoms with Crippen molar-refractivity contribution in [3.8, 4) is 5.75 Å². The van der Waals surface area contributed by atoms with Gasteiger partial charge in [-0.2, -0.15) is 0 Å². The molecule has 0 aliphatic rings. The lowest BCUT2D eigenvalue weighted by atomic mass is 10.1. The van der Waals surface area contributed by atoms with Crippen molar-refractivity contribution in [1.29, 1.82) is 0 Å². The molecule has 0 aliphatic heterocycles. The number of nitrogens with zero attached hydrogens (tertiary/aromatic N) is 1. The van der Waals surface area contributed by atoms with E-state index in [2.05, 4.69) is 10.3 Å². The van der Waals surface area contributed by atoms with Crippen molar-refractivity contribution >= 4 is 17.0 Å². The third-order valence-electron chi connectivity index (χ3n) is 3.39. The Hall–Kier alpha value is -2.82. The molecule has 22 heavy (non-hydrogen) atoms. The second-order valence-electron chi connectivity index (χ2n) is 4.91. The molecule has 1 N–H and O–H groups in total. The maximum Gasteiger partial charge on any atom is 0.251 e. The second kappa shape index (κ2) is 5.89. The summed E-state index contributed by atoms with van der Waals surface area (Å²) in [5.74, 6) is 1.18. The molecule has 0 radical (unpaired) electrons. The highest BCUT2D eigenvalue weighted by Crippen LogP contribution is 2.18. The molecule has 0 spiro atoms. The van der Waals surface area contributed by atoms with Crippen molar-refractivity contribution in [2.24, 2.45) is 0 Å². The normalized spacial score (nSPS) is 10.6. The van der Waals surface area contributed by atoms with Gasteiger partial charge in [-0.3, -0.25) is 4.79 Å². The van der Waals surface area contributed by atoms with Gasteiger partial charge in [0, 0.05) is 24.6 Å². The van der Waals surface area contributed by atoms with E-state index in [-0.39, 0.29) is 5.91 Å². The van der Waals surface area contributed by atoms with Gasteiger partial charge in [0.25, 0.3) is 5.91 Å². The molecular weight excluding hydrogens is 280 g/mol. The Kier molecular flexibility index (Phi) is 3.78. The average molecular weight is 296 g/mol. The molecule has 0 atom stereocenters. The molecule has 0 fully saturated rings. The summed E-state index contributed by atoms with van der Waals surface area (Å²) < 4.78 is 10.7. The van der Waals surface area contributed by atoms with E-state index >= 15 is 0 Å². The number of para-hydroxylation sites is 1. The maximum absolute atomic E-state index is 12.3. The molecule has 3 aromatic rings. The first kappa shape index (κ1) is 14.1. The molecule has 0 saturated carbocycles. The Balaban J connectivity index is 1.75. The van der Waals surface area contributed by atoms with Gasteiger partial charge in [-0.1, -0.05) is 18.2 Å². The van der Waals surface area contributed by atoms with Crippen LogP contribution in [0.1, 0.15) is 21.8 Å². The quantitative estimate of drug-likeness (QED) is 0.803. The van der Waals surface area contributed by atoms with E-state index in [4.69, 9.17) is 9.15 Å². The fourth-order valence-electron chi connectivity index (χ4n) is 2.31. The van der Waals surface area contributed by atoms with E-state index in [0.717, 1.165) is 11.3 Å². The summed E-state index contributed by atoms with van der Waals surface area (Å²) in [7, 11) is 1.61. The minimum Gasteiger partial charge on any atom is -0.496 e. The van der Waals surface area contributed by atoms with Gasteiger partial charge in [-0.15, -0.1) is 0 Å². The number of aromatic nitrogens is 1. The van der Waals surface area contributed by atoms with Crippen molar-refractivity contribution in [3.63, 3.8) is 0 Å². The fraction of sp³-hybridized carbons (Fsp3) is 0.176. The van der Waals surface area contributed by atoms with E-state index in [1.54, 1.807) is 32.2 Å². The maximum atomic E-state index is 12.3. The number of amides is 1. The van der Waals surface area contributed by atoms with Gasteiger partial charge in [0.15, 0.2) is 11.5 Å². The first-order valence-corrected chi connectivity index (χ1v) is 6.94. The van der Waals surface area contributed by atoms with Crippen molar-refractivity contribution in [3.05, 3.63) is 59.5 Å². The molecule has 1 amide bonds. The van der Waals surface area contributed by atoms with Crippen LogP contribution in [0.2, 0.25) is 0 Å². The van der Waals surface area contributed by atoms with Gasteiger partial charge in [0.2, 0.25) is 0 Å². The number of methoxy groups -OCH3 is 1. The summed E-state index contributed by atoms with van der Waals surface area (Å²) in [5, 5.41) is 2.88. The third kappa shape index (κ3) is 2.79. The molecule has 2 aromatic carbocycles. The van der Waals surface area contributed by atoms with Crippen LogP contribution >= 0.6 is 0 Å². The van der Waals surface area contributed by atoms with Crippen LogP contribution in [0.15, 0.2) is 46.9 Å². The molecule has 0 unspecified atom stereocenters. The monoisotopic (exact) mass is 296 g/mol. The lowest BCUT2D eigenvalue weighted by molar-refractivity contribution is 0.0951. The summed E-state index contributed by atoms with van der Waals surface area (Å²) in [6.07, 6.45) is 0. The van der Waals surface area contributed by atoms with Gasteiger partial charge in [-0.25, -0.2) is 4.98 Å². The molecule has 3 rings (SSSR count). The second-order valence-corrected chi connectivity index (χ2v) is 4.91. The largest absolute Gasteiger partial charge is 0.496 e. The Morgan fingerprint density at radius 1 is 1.27 bits per heavy atom. The zero-order chi connectivity index (χ0) is 15.5. The highest BCUT2D eigenvalue weighted by atomic mass is 16.5.